The molecule has 2 atom stereocenters. The summed E-state index contributed by atoms with van der Waals surface area (Å²) in [6.45, 7) is 1.50. The van der Waals surface area contributed by atoms with E-state index >= 15 is 0 Å². The lowest BCUT2D eigenvalue weighted by molar-refractivity contribution is -0.116. The van der Waals surface area contributed by atoms with Crippen molar-refractivity contribution in [2.24, 2.45) is 0 Å². The first kappa shape index (κ1) is 13.2. The van der Waals surface area contributed by atoms with Crippen LogP contribution in [0, 0.1) is 0 Å². The molecule has 4 heteroatoms. The van der Waals surface area contributed by atoms with Gasteiger partial charge in [0.1, 0.15) is 11.9 Å². The van der Waals surface area contributed by atoms with Gasteiger partial charge in [-0.25, -0.2) is 0 Å². The summed E-state index contributed by atoms with van der Waals surface area (Å²) >= 11 is 3.93. The molecule has 2 N–H and O–H groups in total. The van der Waals surface area contributed by atoms with Gasteiger partial charge in [-0.2, -0.15) is 12.6 Å². The summed E-state index contributed by atoms with van der Waals surface area (Å²) in [6, 6.07) is 7.08. The Hall–Kier alpha value is -0.840. The van der Waals surface area contributed by atoms with E-state index < -0.39 is 12.2 Å². The van der Waals surface area contributed by atoms with Crippen LogP contribution in [0.4, 0.5) is 0 Å². The van der Waals surface area contributed by atoms with E-state index in [0.29, 0.717) is 5.56 Å². The molecule has 0 bridgehead atoms. The quantitative estimate of drug-likeness (QED) is 0.677. The molecule has 88 valence electrons. The minimum absolute atomic E-state index is 0.0278. The molecule has 1 aromatic rings. The standard InChI is InChI=1S/C12H16O3S/c1-8(13)6-9-4-2-3-5-10(9)12(15)11(14)7-16/h2-5,11-12,14-16H,6-7H2,1H3. The van der Waals surface area contributed by atoms with Crippen molar-refractivity contribution in [3.05, 3.63) is 35.4 Å². The molecule has 0 saturated heterocycles. The van der Waals surface area contributed by atoms with Gasteiger partial charge in [-0.3, -0.25) is 4.79 Å². The van der Waals surface area contributed by atoms with Crippen molar-refractivity contribution in [1.82, 2.24) is 0 Å². The van der Waals surface area contributed by atoms with E-state index in [1.807, 2.05) is 6.07 Å². The van der Waals surface area contributed by atoms with Crippen LogP contribution in [0.2, 0.25) is 0 Å². The molecule has 0 aliphatic carbocycles. The van der Waals surface area contributed by atoms with Crippen molar-refractivity contribution in [3.8, 4) is 0 Å². The zero-order chi connectivity index (χ0) is 12.1. The predicted molar refractivity (Wildman–Crippen MR) is 65.6 cm³/mol. The molecule has 16 heavy (non-hydrogen) atoms. The molecule has 0 heterocycles. The summed E-state index contributed by atoms with van der Waals surface area (Å²) in [5, 5.41) is 19.4. The maximum Gasteiger partial charge on any atom is 0.134 e. The summed E-state index contributed by atoms with van der Waals surface area (Å²) in [4.78, 5) is 11.1. The van der Waals surface area contributed by atoms with Crippen molar-refractivity contribution >= 4 is 18.4 Å². The van der Waals surface area contributed by atoms with Crippen LogP contribution >= 0.6 is 12.6 Å². The molecular formula is C12H16O3S. The lowest BCUT2D eigenvalue weighted by atomic mass is 9.96. The summed E-state index contributed by atoms with van der Waals surface area (Å²) in [5.41, 5.74) is 1.35. The Morgan fingerprint density at radius 2 is 2.00 bits per heavy atom. The van der Waals surface area contributed by atoms with Crippen molar-refractivity contribution in [1.29, 1.82) is 0 Å². The van der Waals surface area contributed by atoms with Crippen LogP contribution in [0.25, 0.3) is 0 Å². The van der Waals surface area contributed by atoms with Crippen LogP contribution < -0.4 is 0 Å². The van der Waals surface area contributed by atoms with Crippen LogP contribution in [-0.4, -0.2) is 27.9 Å². The largest absolute Gasteiger partial charge is 0.389 e. The Morgan fingerprint density at radius 1 is 1.38 bits per heavy atom. The summed E-state index contributed by atoms with van der Waals surface area (Å²) in [6.07, 6.45) is -1.64. The number of carbonyl (C=O) groups is 1. The molecule has 0 aliphatic rings. The molecule has 0 fully saturated rings. The van der Waals surface area contributed by atoms with Crippen LogP contribution in [0.1, 0.15) is 24.2 Å². The molecule has 0 aromatic heterocycles. The Morgan fingerprint density at radius 3 is 2.56 bits per heavy atom. The molecule has 3 nitrogen and oxygen atoms in total. The van der Waals surface area contributed by atoms with E-state index in [1.165, 1.54) is 6.92 Å². The van der Waals surface area contributed by atoms with Gasteiger partial charge in [-0.15, -0.1) is 0 Å². The molecule has 1 aromatic carbocycles. The maximum atomic E-state index is 11.1. The van der Waals surface area contributed by atoms with Gasteiger partial charge in [0, 0.05) is 12.2 Å². The third kappa shape index (κ3) is 3.33. The van der Waals surface area contributed by atoms with Crippen molar-refractivity contribution in [2.45, 2.75) is 25.6 Å². The summed E-state index contributed by atoms with van der Waals surface area (Å²) < 4.78 is 0. The number of rotatable bonds is 5. The lowest BCUT2D eigenvalue weighted by Crippen LogP contribution is -2.21. The highest BCUT2D eigenvalue weighted by Gasteiger charge is 2.19. The van der Waals surface area contributed by atoms with Crippen LogP contribution in [0.3, 0.4) is 0 Å². The smallest absolute Gasteiger partial charge is 0.134 e. The van der Waals surface area contributed by atoms with Gasteiger partial charge >= 0.3 is 0 Å². The minimum atomic E-state index is -0.993. The van der Waals surface area contributed by atoms with E-state index in [1.54, 1.807) is 18.2 Å². The third-order valence-corrected chi connectivity index (χ3v) is 2.74. The van der Waals surface area contributed by atoms with Crippen LogP contribution in [0.15, 0.2) is 24.3 Å². The Kier molecular flexibility index (Phi) is 4.99. The number of hydrogen-bond acceptors (Lipinski definition) is 4. The molecule has 1 rings (SSSR count). The highest BCUT2D eigenvalue weighted by atomic mass is 32.1. The molecular weight excluding hydrogens is 224 g/mol. The summed E-state index contributed by atoms with van der Waals surface area (Å²) in [5.74, 6) is 0.204. The van der Waals surface area contributed by atoms with Crippen molar-refractivity contribution < 1.29 is 15.0 Å². The zero-order valence-corrected chi connectivity index (χ0v) is 10.0. The number of thiol groups is 1. The topological polar surface area (TPSA) is 57.5 Å². The number of hydrogen-bond donors (Lipinski definition) is 3. The van der Waals surface area contributed by atoms with Gasteiger partial charge in [0.25, 0.3) is 0 Å². The molecule has 0 aliphatic heterocycles. The lowest BCUT2D eigenvalue weighted by Gasteiger charge is -2.19. The number of benzene rings is 1. The average molecular weight is 240 g/mol. The molecule has 0 saturated carbocycles. The normalized spacial score (nSPS) is 14.5. The number of carbonyl (C=O) groups excluding carboxylic acids is 1. The van der Waals surface area contributed by atoms with Crippen molar-refractivity contribution in [3.63, 3.8) is 0 Å². The minimum Gasteiger partial charge on any atom is -0.389 e. The first-order valence-electron chi connectivity index (χ1n) is 5.10. The van der Waals surface area contributed by atoms with E-state index in [4.69, 9.17) is 0 Å². The second-order valence-corrected chi connectivity index (χ2v) is 4.14. The second kappa shape index (κ2) is 6.03. The monoisotopic (exact) mass is 240 g/mol. The van der Waals surface area contributed by atoms with Crippen LogP contribution in [0.5, 0.6) is 0 Å². The van der Waals surface area contributed by atoms with Crippen LogP contribution in [-0.2, 0) is 11.2 Å². The number of aliphatic hydroxyl groups is 2. The SMILES string of the molecule is CC(=O)Cc1ccccc1C(O)C(O)CS. The van der Waals surface area contributed by atoms with Gasteiger partial charge in [-0.1, -0.05) is 24.3 Å². The van der Waals surface area contributed by atoms with E-state index in [2.05, 4.69) is 12.6 Å². The molecule has 0 amide bonds. The average Bonchev–Trinajstić information content (AvgIpc) is 2.27. The first-order valence-corrected chi connectivity index (χ1v) is 5.73. The van der Waals surface area contributed by atoms with E-state index in [-0.39, 0.29) is 18.0 Å². The van der Waals surface area contributed by atoms with E-state index in [9.17, 15) is 15.0 Å². The van der Waals surface area contributed by atoms with Gasteiger partial charge < -0.3 is 10.2 Å². The number of Topliss-reactive ketones (excluding diaryl/α,β-unsaturated/α-hetero) is 1. The fourth-order valence-corrected chi connectivity index (χ4v) is 1.76. The fourth-order valence-electron chi connectivity index (χ4n) is 1.56. The fraction of sp³-hybridized carbons (Fsp3) is 0.417. The Labute approximate surface area is 101 Å². The zero-order valence-electron chi connectivity index (χ0n) is 9.13. The number of aliphatic hydroxyl groups excluding tert-OH is 2. The number of ketones is 1. The first-order chi connectivity index (χ1) is 7.56. The molecule has 2 unspecified atom stereocenters. The van der Waals surface area contributed by atoms with E-state index in [0.717, 1.165) is 5.56 Å². The van der Waals surface area contributed by atoms with Gasteiger partial charge in [0.2, 0.25) is 0 Å². The highest BCUT2D eigenvalue weighted by molar-refractivity contribution is 7.80. The molecule has 0 radical (unpaired) electrons. The Bertz CT molecular complexity index is 365. The van der Waals surface area contributed by atoms with Gasteiger partial charge in [0.15, 0.2) is 0 Å². The van der Waals surface area contributed by atoms with Gasteiger partial charge in [-0.05, 0) is 18.1 Å². The molecule has 0 spiro atoms. The van der Waals surface area contributed by atoms with Gasteiger partial charge in [0.05, 0.1) is 6.10 Å². The predicted octanol–water partition coefficient (Wildman–Crippen LogP) is 1.14. The highest BCUT2D eigenvalue weighted by Crippen LogP contribution is 2.22. The summed E-state index contributed by atoms with van der Waals surface area (Å²) in [7, 11) is 0. The van der Waals surface area contributed by atoms with Crippen molar-refractivity contribution in [2.75, 3.05) is 5.75 Å². The second-order valence-electron chi connectivity index (χ2n) is 3.77. The Balaban J connectivity index is 2.98. The maximum absolute atomic E-state index is 11.1. The third-order valence-electron chi connectivity index (χ3n) is 2.36.